The van der Waals surface area contributed by atoms with E-state index in [0.717, 1.165) is 37.0 Å². The number of thioether (sulfide) groups is 1. The molecule has 0 bridgehead atoms. The highest BCUT2D eigenvalue weighted by molar-refractivity contribution is 8.00. The molecule has 1 fully saturated rings. The van der Waals surface area contributed by atoms with Gasteiger partial charge in [-0.15, -0.1) is 0 Å². The van der Waals surface area contributed by atoms with Crippen LogP contribution in [0.2, 0.25) is 0 Å². The van der Waals surface area contributed by atoms with Gasteiger partial charge in [-0.25, -0.2) is 0 Å². The van der Waals surface area contributed by atoms with E-state index in [2.05, 4.69) is 24.4 Å². The minimum absolute atomic E-state index is 0.324. The number of hydrogen-bond donors (Lipinski definition) is 1. The highest BCUT2D eigenvalue weighted by Crippen LogP contribution is 2.32. The van der Waals surface area contributed by atoms with Crippen molar-refractivity contribution in [2.45, 2.75) is 18.2 Å². The second-order valence-electron chi connectivity index (χ2n) is 4.72. The van der Waals surface area contributed by atoms with Crippen LogP contribution in [-0.2, 0) is 4.74 Å². The Kier molecular flexibility index (Phi) is 6.01. The van der Waals surface area contributed by atoms with Gasteiger partial charge in [-0.1, -0.05) is 13.0 Å². The second kappa shape index (κ2) is 7.76. The van der Waals surface area contributed by atoms with Crippen molar-refractivity contribution in [2.24, 2.45) is 0 Å². The Morgan fingerprint density at radius 2 is 2.05 bits per heavy atom. The quantitative estimate of drug-likeness (QED) is 0.798. The van der Waals surface area contributed by atoms with Crippen LogP contribution in [0.15, 0.2) is 18.2 Å². The van der Waals surface area contributed by atoms with Gasteiger partial charge >= 0.3 is 0 Å². The first kappa shape index (κ1) is 15.5. The maximum absolute atomic E-state index is 5.38. The van der Waals surface area contributed by atoms with Crippen LogP contribution in [0.1, 0.15) is 18.5 Å². The lowest BCUT2D eigenvalue weighted by molar-refractivity contribution is 0.0455. The Morgan fingerprint density at radius 1 is 1.30 bits per heavy atom. The van der Waals surface area contributed by atoms with Gasteiger partial charge in [-0.2, -0.15) is 11.8 Å². The van der Waals surface area contributed by atoms with Crippen LogP contribution >= 0.6 is 11.8 Å². The third kappa shape index (κ3) is 3.81. The van der Waals surface area contributed by atoms with E-state index < -0.39 is 0 Å². The van der Waals surface area contributed by atoms with Crippen LogP contribution in [0.5, 0.6) is 11.5 Å². The topological polar surface area (TPSA) is 39.7 Å². The van der Waals surface area contributed by atoms with Gasteiger partial charge in [-0.3, -0.25) is 0 Å². The Bertz CT molecular complexity index is 424. The molecule has 1 heterocycles. The van der Waals surface area contributed by atoms with Crippen LogP contribution in [0.3, 0.4) is 0 Å². The molecule has 1 aliphatic rings. The van der Waals surface area contributed by atoms with Crippen molar-refractivity contribution in [1.29, 1.82) is 0 Å². The van der Waals surface area contributed by atoms with Gasteiger partial charge in [0.25, 0.3) is 0 Å². The van der Waals surface area contributed by atoms with E-state index in [-0.39, 0.29) is 0 Å². The van der Waals surface area contributed by atoms with E-state index in [1.54, 1.807) is 14.2 Å². The van der Waals surface area contributed by atoms with Gasteiger partial charge in [0, 0.05) is 11.8 Å². The summed E-state index contributed by atoms with van der Waals surface area (Å²) in [6.45, 7) is 4.84. The summed E-state index contributed by atoms with van der Waals surface area (Å²) < 4.78 is 15.9. The van der Waals surface area contributed by atoms with Gasteiger partial charge in [0.15, 0.2) is 11.5 Å². The summed E-state index contributed by atoms with van der Waals surface area (Å²) in [5, 5.41) is 4.18. The number of methoxy groups -OCH3 is 2. The minimum atomic E-state index is 0.324. The number of ether oxygens (including phenoxy) is 3. The molecular formula is C15H23NO3S. The number of benzene rings is 1. The van der Waals surface area contributed by atoms with Crippen molar-refractivity contribution >= 4 is 11.8 Å². The van der Waals surface area contributed by atoms with E-state index in [1.807, 2.05) is 17.8 Å². The molecule has 0 radical (unpaired) electrons. The van der Waals surface area contributed by atoms with E-state index in [0.29, 0.717) is 11.3 Å². The zero-order valence-corrected chi connectivity index (χ0v) is 13.2. The lowest BCUT2D eigenvalue weighted by Crippen LogP contribution is -2.32. The monoisotopic (exact) mass is 297 g/mol. The highest BCUT2D eigenvalue weighted by Gasteiger charge is 2.21. The molecule has 0 amide bonds. The largest absolute Gasteiger partial charge is 0.493 e. The maximum Gasteiger partial charge on any atom is 0.161 e. The fourth-order valence-corrected chi connectivity index (χ4v) is 3.29. The standard InChI is InChI=1S/C15H23NO3S/c1-4-16-13(10-20-12-8-19-9-12)11-5-6-14(17-2)15(7-11)18-3/h5-7,12-13,16H,4,8-10H2,1-3H3. The van der Waals surface area contributed by atoms with Gasteiger partial charge in [0.1, 0.15) is 0 Å². The van der Waals surface area contributed by atoms with Crippen LogP contribution < -0.4 is 14.8 Å². The average Bonchev–Trinajstić information content (AvgIpc) is 2.44. The van der Waals surface area contributed by atoms with Crippen molar-refractivity contribution in [3.05, 3.63) is 23.8 Å². The van der Waals surface area contributed by atoms with Gasteiger partial charge < -0.3 is 19.5 Å². The van der Waals surface area contributed by atoms with Crippen molar-refractivity contribution < 1.29 is 14.2 Å². The van der Waals surface area contributed by atoms with Crippen LogP contribution in [0.25, 0.3) is 0 Å². The SMILES string of the molecule is CCNC(CSC1COC1)c1ccc(OC)c(OC)c1. The maximum atomic E-state index is 5.38. The molecule has 0 aliphatic carbocycles. The molecule has 112 valence electrons. The summed E-state index contributed by atoms with van der Waals surface area (Å²) in [7, 11) is 3.33. The van der Waals surface area contributed by atoms with Crippen molar-refractivity contribution in [1.82, 2.24) is 5.32 Å². The first-order valence-electron chi connectivity index (χ1n) is 6.93. The zero-order chi connectivity index (χ0) is 14.4. The van der Waals surface area contributed by atoms with Gasteiger partial charge in [-0.05, 0) is 24.2 Å². The van der Waals surface area contributed by atoms with E-state index in [4.69, 9.17) is 14.2 Å². The summed E-state index contributed by atoms with van der Waals surface area (Å²) in [4.78, 5) is 0. The molecule has 2 rings (SSSR count). The molecule has 0 spiro atoms. The molecule has 1 N–H and O–H groups in total. The Balaban J connectivity index is 2.06. The molecule has 4 nitrogen and oxygen atoms in total. The molecule has 0 aromatic heterocycles. The van der Waals surface area contributed by atoms with Crippen LogP contribution in [0.4, 0.5) is 0 Å². The Morgan fingerprint density at radius 3 is 2.60 bits per heavy atom. The molecular weight excluding hydrogens is 274 g/mol. The molecule has 1 atom stereocenters. The van der Waals surface area contributed by atoms with E-state index >= 15 is 0 Å². The minimum Gasteiger partial charge on any atom is -0.493 e. The van der Waals surface area contributed by atoms with Crippen molar-refractivity contribution in [3.63, 3.8) is 0 Å². The Hall–Kier alpha value is -0.910. The highest BCUT2D eigenvalue weighted by atomic mass is 32.2. The average molecular weight is 297 g/mol. The third-order valence-corrected chi connectivity index (χ3v) is 4.64. The lowest BCUT2D eigenvalue weighted by atomic mass is 10.1. The molecule has 1 aromatic carbocycles. The summed E-state index contributed by atoms with van der Waals surface area (Å²) in [5.74, 6) is 2.59. The summed E-state index contributed by atoms with van der Waals surface area (Å²) >= 11 is 1.97. The van der Waals surface area contributed by atoms with Gasteiger partial charge in [0.2, 0.25) is 0 Å². The van der Waals surface area contributed by atoms with Crippen LogP contribution in [-0.4, -0.2) is 45.0 Å². The lowest BCUT2D eigenvalue weighted by Gasteiger charge is -2.28. The van der Waals surface area contributed by atoms with Gasteiger partial charge in [0.05, 0.1) is 32.7 Å². The molecule has 1 saturated heterocycles. The summed E-state index contributed by atoms with van der Waals surface area (Å²) in [6.07, 6.45) is 0. The summed E-state index contributed by atoms with van der Waals surface area (Å²) in [5.41, 5.74) is 1.23. The van der Waals surface area contributed by atoms with E-state index in [9.17, 15) is 0 Å². The number of rotatable bonds is 8. The molecule has 0 saturated carbocycles. The number of hydrogen-bond acceptors (Lipinski definition) is 5. The third-order valence-electron chi connectivity index (χ3n) is 3.37. The first-order valence-corrected chi connectivity index (χ1v) is 7.98. The molecule has 1 unspecified atom stereocenters. The Labute approximate surface area is 125 Å². The number of nitrogens with one attached hydrogen (secondary N) is 1. The zero-order valence-electron chi connectivity index (χ0n) is 12.3. The van der Waals surface area contributed by atoms with Crippen LogP contribution in [0, 0.1) is 0 Å². The molecule has 20 heavy (non-hydrogen) atoms. The normalized spacial score (nSPS) is 16.6. The smallest absolute Gasteiger partial charge is 0.161 e. The van der Waals surface area contributed by atoms with E-state index in [1.165, 1.54) is 5.56 Å². The van der Waals surface area contributed by atoms with Crippen molar-refractivity contribution in [2.75, 3.05) is 39.7 Å². The fraction of sp³-hybridized carbons (Fsp3) is 0.600. The summed E-state index contributed by atoms with van der Waals surface area (Å²) in [6, 6.07) is 6.46. The molecule has 1 aliphatic heterocycles. The first-order chi connectivity index (χ1) is 9.78. The fourth-order valence-electron chi connectivity index (χ4n) is 2.13. The second-order valence-corrected chi connectivity index (χ2v) is 6.05. The predicted octanol–water partition coefficient (Wildman–Crippen LogP) is 2.49. The molecule has 1 aromatic rings. The van der Waals surface area contributed by atoms with Crippen molar-refractivity contribution in [3.8, 4) is 11.5 Å². The predicted molar refractivity (Wildman–Crippen MR) is 83.0 cm³/mol. The molecule has 5 heteroatoms.